The number of amides is 4. The van der Waals surface area contributed by atoms with E-state index in [1.807, 2.05) is 48.5 Å². The van der Waals surface area contributed by atoms with Gasteiger partial charge in [0.15, 0.2) is 0 Å². The lowest BCUT2D eigenvalue weighted by molar-refractivity contribution is -0.141. The predicted octanol–water partition coefficient (Wildman–Crippen LogP) is 4.05. The number of rotatable bonds is 13. The summed E-state index contributed by atoms with van der Waals surface area (Å²) >= 11 is 0. The Morgan fingerprint density at radius 3 is 1.87 bits per heavy atom. The van der Waals surface area contributed by atoms with Crippen LogP contribution in [0.5, 0.6) is 0 Å². The van der Waals surface area contributed by atoms with Gasteiger partial charge in [-0.2, -0.15) is 0 Å². The van der Waals surface area contributed by atoms with Crippen LogP contribution in [0.3, 0.4) is 0 Å². The molecule has 0 radical (unpaired) electrons. The summed E-state index contributed by atoms with van der Waals surface area (Å²) in [7, 11) is -1.45. The summed E-state index contributed by atoms with van der Waals surface area (Å²) in [6.45, 7) is 10.6. The Morgan fingerprint density at radius 2 is 1.33 bits per heavy atom. The van der Waals surface area contributed by atoms with Gasteiger partial charge >= 0.3 is 24.2 Å². The summed E-state index contributed by atoms with van der Waals surface area (Å²) in [6.07, 6.45) is -2.63. The van der Waals surface area contributed by atoms with Crippen molar-refractivity contribution in [2.45, 2.75) is 70.1 Å². The fourth-order valence-corrected chi connectivity index (χ4v) is 5.36. The van der Waals surface area contributed by atoms with Crippen LogP contribution in [-0.4, -0.2) is 87.3 Å². The molecule has 2 atom stereocenters. The van der Waals surface area contributed by atoms with E-state index in [2.05, 4.69) is 40.9 Å². The maximum absolute atomic E-state index is 13.2. The maximum atomic E-state index is 13.2. The highest BCUT2D eigenvalue weighted by Crippen LogP contribution is 2.44. The molecule has 0 aromatic heterocycles. The van der Waals surface area contributed by atoms with Crippen LogP contribution >= 0.6 is 0 Å². The molecule has 0 fully saturated rings. The Morgan fingerprint density at radius 1 is 0.783 bits per heavy atom. The van der Waals surface area contributed by atoms with E-state index >= 15 is 0 Å². The van der Waals surface area contributed by atoms with E-state index in [1.54, 1.807) is 20.8 Å². The maximum Gasteiger partial charge on any atom is 0.407 e. The molecule has 2 aromatic rings. The number of carboxylic acids is 1. The average Bonchev–Trinajstić information content (AvgIpc) is 3.28. The SMILES string of the molecule is CC(C)(C)OC(=O)NCC(NC(=O)OCC1c2ccccc2-c2ccccc21)C(=O)NC(CNC(=O)OCC[Si](C)(C)C)C(=O)O. The molecule has 0 spiro atoms. The van der Waals surface area contributed by atoms with Gasteiger partial charge in [0.1, 0.15) is 24.3 Å². The molecule has 4 amide bonds. The Hall–Kier alpha value is -4.59. The zero-order chi connectivity index (χ0) is 34.1. The highest BCUT2D eigenvalue weighted by Gasteiger charge is 2.31. The van der Waals surface area contributed by atoms with E-state index in [1.165, 1.54) is 0 Å². The van der Waals surface area contributed by atoms with Gasteiger partial charge in [0.2, 0.25) is 5.91 Å². The standard InChI is InChI=1S/C32H44N4O9Si/c1-32(2,3)45-30(41)34-17-25(27(37)35-26(28(38)39)18-33-29(40)43-15-16-46(4,5)6)36-31(42)44-19-24-22-13-9-7-11-20(22)21-12-8-10-14-23(21)24/h7-14,24-26H,15-19H2,1-6H3,(H,33,40)(H,34,41)(H,35,37)(H,36,42)(H,38,39). The number of fused-ring (bicyclic) bond motifs is 3. The summed E-state index contributed by atoms with van der Waals surface area (Å²) in [6, 6.07) is 13.3. The lowest BCUT2D eigenvalue weighted by atomic mass is 9.98. The van der Waals surface area contributed by atoms with Crippen molar-refractivity contribution in [3.8, 4) is 11.1 Å². The van der Waals surface area contributed by atoms with Crippen molar-refractivity contribution >= 4 is 38.2 Å². The molecule has 2 unspecified atom stereocenters. The predicted molar refractivity (Wildman–Crippen MR) is 173 cm³/mol. The van der Waals surface area contributed by atoms with Crippen LogP contribution in [0.2, 0.25) is 25.7 Å². The molecule has 5 N–H and O–H groups in total. The second kappa shape index (κ2) is 15.6. The molecule has 0 saturated carbocycles. The van der Waals surface area contributed by atoms with Gasteiger partial charge in [-0.25, -0.2) is 19.2 Å². The Kier molecular flexibility index (Phi) is 12.2. The Bertz CT molecular complexity index is 1380. The molecule has 13 nitrogen and oxygen atoms in total. The fraction of sp³-hybridized carbons (Fsp3) is 0.469. The molecule has 0 bridgehead atoms. The molecule has 3 rings (SSSR count). The number of carbonyl (C=O) groups is 5. The van der Waals surface area contributed by atoms with E-state index in [-0.39, 0.29) is 19.1 Å². The van der Waals surface area contributed by atoms with Crippen molar-refractivity contribution < 1.29 is 43.3 Å². The van der Waals surface area contributed by atoms with Crippen LogP contribution in [0, 0.1) is 0 Å². The third-order valence-corrected chi connectivity index (χ3v) is 8.66. The van der Waals surface area contributed by atoms with E-state index in [0.717, 1.165) is 28.3 Å². The van der Waals surface area contributed by atoms with Crippen LogP contribution in [0.15, 0.2) is 48.5 Å². The zero-order valence-electron chi connectivity index (χ0n) is 27.1. The van der Waals surface area contributed by atoms with Crippen LogP contribution in [0.25, 0.3) is 11.1 Å². The quantitative estimate of drug-likeness (QED) is 0.157. The second-order valence-corrected chi connectivity index (χ2v) is 18.8. The van der Waals surface area contributed by atoms with Gasteiger partial charge in [0, 0.05) is 14.0 Å². The van der Waals surface area contributed by atoms with E-state index in [0.29, 0.717) is 0 Å². The molecule has 250 valence electrons. The summed E-state index contributed by atoms with van der Waals surface area (Å²) < 4.78 is 15.9. The van der Waals surface area contributed by atoms with Crippen molar-refractivity contribution in [3.05, 3.63) is 59.7 Å². The van der Waals surface area contributed by atoms with Gasteiger partial charge in [-0.15, -0.1) is 0 Å². The summed E-state index contributed by atoms with van der Waals surface area (Å²) in [5, 5.41) is 19.1. The highest BCUT2D eigenvalue weighted by atomic mass is 28.3. The number of carbonyl (C=O) groups excluding carboxylic acids is 4. The van der Waals surface area contributed by atoms with Crippen LogP contribution in [0.4, 0.5) is 14.4 Å². The van der Waals surface area contributed by atoms with Gasteiger partial charge in [-0.3, -0.25) is 4.79 Å². The highest BCUT2D eigenvalue weighted by molar-refractivity contribution is 6.76. The molecule has 0 heterocycles. The minimum atomic E-state index is -1.56. The van der Waals surface area contributed by atoms with E-state index in [9.17, 15) is 29.1 Å². The third kappa shape index (κ3) is 11.1. The zero-order valence-corrected chi connectivity index (χ0v) is 28.1. The topological polar surface area (TPSA) is 181 Å². The molecule has 0 saturated heterocycles. The molecule has 46 heavy (non-hydrogen) atoms. The van der Waals surface area contributed by atoms with Gasteiger partial charge in [-0.1, -0.05) is 68.2 Å². The average molecular weight is 657 g/mol. The number of alkyl carbamates (subject to hydrolysis) is 3. The van der Waals surface area contributed by atoms with Gasteiger partial charge in [-0.05, 0) is 49.1 Å². The van der Waals surface area contributed by atoms with Gasteiger partial charge < -0.3 is 40.6 Å². The smallest absolute Gasteiger partial charge is 0.407 e. The summed E-state index contributed by atoms with van der Waals surface area (Å²) in [5.41, 5.74) is 3.24. The second-order valence-electron chi connectivity index (χ2n) is 13.1. The number of carboxylic acid groups (broad SMARTS) is 1. The molecule has 1 aliphatic rings. The minimum Gasteiger partial charge on any atom is -0.480 e. The number of hydrogen-bond donors (Lipinski definition) is 5. The van der Waals surface area contributed by atoms with Gasteiger partial charge in [0.25, 0.3) is 0 Å². The number of ether oxygens (including phenoxy) is 3. The first-order valence-electron chi connectivity index (χ1n) is 15.1. The lowest BCUT2D eigenvalue weighted by Gasteiger charge is -2.24. The van der Waals surface area contributed by atoms with Crippen molar-refractivity contribution in [2.75, 3.05) is 26.3 Å². The Balaban J connectivity index is 1.65. The third-order valence-electron chi connectivity index (χ3n) is 6.95. The van der Waals surface area contributed by atoms with Crippen LogP contribution in [-0.2, 0) is 23.8 Å². The molecule has 0 aliphatic heterocycles. The normalized spacial score (nSPS) is 13.7. The lowest BCUT2D eigenvalue weighted by Crippen LogP contribution is -2.58. The largest absolute Gasteiger partial charge is 0.480 e. The Labute approximate surface area is 269 Å². The van der Waals surface area contributed by atoms with Crippen molar-refractivity contribution in [1.82, 2.24) is 21.3 Å². The monoisotopic (exact) mass is 656 g/mol. The fourth-order valence-electron chi connectivity index (χ4n) is 4.65. The molecule has 14 heteroatoms. The number of hydrogen-bond acceptors (Lipinski definition) is 8. The summed E-state index contributed by atoms with van der Waals surface area (Å²) in [5.74, 6) is -2.61. The first kappa shape index (κ1) is 35.9. The molecular formula is C32H44N4O9Si. The van der Waals surface area contributed by atoms with Crippen LogP contribution < -0.4 is 21.3 Å². The van der Waals surface area contributed by atoms with E-state index in [4.69, 9.17) is 14.2 Å². The molecule has 2 aromatic carbocycles. The van der Waals surface area contributed by atoms with Gasteiger partial charge in [0.05, 0.1) is 19.7 Å². The first-order chi connectivity index (χ1) is 21.5. The molecule has 1 aliphatic carbocycles. The molecular weight excluding hydrogens is 612 g/mol. The first-order valence-corrected chi connectivity index (χ1v) is 18.8. The number of aliphatic carboxylic acids is 1. The van der Waals surface area contributed by atoms with E-state index < -0.39 is 69.0 Å². The van der Waals surface area contributed by atoms with Crippen LogP contribution in [0.1, 0.15) is 37.8 Å². The number of benzene rings is 2. The summed E-state index contributed by atoms with van der Waals surface area (Å²) in [4.78, 5) is 62.5. The van der Waals surface area contributed by atoms with Crippen molar-refractivity contribution in [1.29, 1.82) is 0 Å². The number of nitrogens with one attached hydrogen (secondary N) is 4. The van der Waals surface area contributed by atoms with Crippen molar-refractivity contribution in [2.24, 2.45) is 0 Å². The van der Waals surface area contributed by atoms with Crippen molar-refractivity contribution in [3.63, 3.8) is 0 Å². The minimum absolute atomic E-state index is 0.0326.